The van der Waals surface area contributed by atoms with Crippen molar-refractivity contribution < 1.29 is 8.42 Å². The van der Waals surface area contributed by atoms with E-state index >= 15 is 0 Å². The lowest BCUT2D eigenvalue weighted by Gasteiger charge is -2.30. The zero-order chi connectivity index (χ0) is 20.7. The van der Waals surface area contributed by atoms with Gasteiger partial charge in [-0.25, -0.2) is 8.42 Å². The van der Waals surface area contributed by atoms with Crippen LogP contribution in [0.15, 0.2) is 81.9 Å². The zero-order valence-corrected chi connectivity index (χ0v) is 18.2. The molecule has 1 aromatic heterocycles. The summed E-state index contributed by atoms with van der Waals surface area (Å²) < 4.78 is 30.0. The van der Waals surface area contributed by atoms with E-state index in [2.05, 4.69) is 6.07 Å². The van der Waals surface area contributed by atoms with Gasteiger partial charge in [-0.3, -0.25) is 4.31 Å². The van der Waals surface area contributed by atoms with Crippen LogP contribution in [0.5, 0.6) is 0 Å². The van der Waals surface area contributed by atoms with Crippen molar-refractivity contribution in [2.75, 3.05) is 16.6 Å². The van der Waals surface area contributed by atoms with Gasteiger partial charge in [0.2, 0.25) is 0 Å². The fourth-order valence-corrected chi connectivity index (χ4v) is 7.69. The minimum Gasteiger partial charge on any atom is -0.264 e. The Morgan fingerprint density at radius 3 is 2.47 bits per heavy atom. The van der Waals surface area contributed by atoms with Crippen molar-refractivity contribution >= 4 is 48.9 Å². The van der Waals surface area contributed by atoms with Crippen LogP contribution in [0, 0.1) is 11.3 Å². The molecule has 0 saturated carbocycles. The molecule has 4 nitrogen and oxygen atoms in total. The predicted octanol–water partition coefficient (Wildman–Crippen LogP) is 5.74. The second kappa shape index (κ2) is 7.47. The Morgan fingerprint density at radius 1 is 0.933 bits per heavy atom. The van der Waals surface area contributed by atoms with Gasteiger partial charge in [-0.2, -0.15) is 5.26 Å². The highest BCUT2D eigenvalue weighted by atomic mass is 32.2. The van der Waals surface area contributed by atoms with E-state index in [0.717, 1.165) is 26.1 Å². The van der Waals surface area contributed by atoms with E-state index in [1.165, 1.54) is 15.6 Å². The molecule has 0 bridgehead atoms. The third kappa shape index (κ3) is 3.27. The Labute approximate surface area is 183 Å². The largest absolute Gasteiger partial charge is 0.273 e. The Kier molecular flexibility index (Phi) is 4.78. The summed E-state index contributed by atoms with van der Waals surface area (Å²) in [6, 6.07) is 24.9. The topological polar surface area (TPSA) is 61.2 Å². The molecule has 2 heterocycles. The summed E-state index contributed by atoms with van der Waals surface area (Å²) in [7, 11) is -3.65. The maximum Gasteiger partial charge on any atom is 0.273 e. The number of hydrogen-bond acceptors (Lipinski definition) is 5. The number of hydrogen-bond donors (Lipinski definition) is 0. The molecule has 148 valence electrons. The van der Waals surface area contributed by atoms with Gasteiger partial charge in [-0.15, -0.1) is 23.1 Å². The summed E-state index contributed by atoms with van der Waals surface area (Å²) in [5.74, 6) is 0.716. The normalized spacial score (nSPS) is 13.8. The molecule has 0 amide bonds. The number of rotatable bonds is 3. The summed E-state index contributed by atoms with van der Waals surface area (Å²) in [5.41, 5.74) is 3.19. The number of fused-ring (bicyclic) bond motifs is 2. The van der Waals surface area contributed by atoms with Crippen LogP contribution in [0.3, 0.4) is 0 Å². The average molecular weight is 449 g/mol. The van der Waals surface area contributed by atoms with Gasteiger partial charge in [-0.1, -0.05) is 36.4 Å². The number of benzene rings is 3. The van der Waals surface area contributed by atoms with E-state index in [1.807, 2.05) is 54.6 Å². The number of sulfonamides is 1. The standard InChI is InChI=1S/C23H16N2O2S3/c24-15-16-5-7-17(8-6-16)18-9-10-22-20(13-18)25(11-12-28-22)30(26,27)23-14-19-3-1-2-4-21(19)29-23/h1-10,13-14H,11-12H2. The zero-order valence-electron chi connectivity index (χ0n) is 15.8. The van der Waals surface area contributed by atoms with Crippen molar-refractivity contribution in [2.45, 2.75) is 9.10 Å². The van der Waals surface area contributed by atoms with Gasteiger partial charge >= 0.3 is 0 Å². The summed E-state index contributed by atoms with van der Waals surface area (Å²) in [4.78, 5) is 0.961. The average Bonchev–Trinajstić information content (AvgIpc) is 3.24. The van der Waals surface area contributed by atoms with Gasteiger partial charge < -0.3 is 0 Å². The van der Waals surface area contributed by atoms with Crippen LogP contribution in [-0.4, -0.2) is 20.7 Å². The van der Waals surface area contributed by atoms with E-state index < -0.39 is 10.0 Å². The fraction of sp³-hybridized carbons (Fsp3) is 0.0870. The molecular formula is C23H16N2O2S3. The first kappa shape index (κ1) is 19.2. The molecule has 0 radical (unpaired) electrons. The molecule has 30 heavy (non-hydrogen) atoms. The number of thiophene rings is 1. The van der Waals surface area contributed by atoms with Crippen LogP contribution in [0.4, 0.5) is 5.69 Å². The number of thioether (sulfide) groups is 1. The first-order valence-corrected chi connectivity index (χ1v) is 12.6. The van der Waals surface area contributed by atoms with Gasteiger partial charge in [0.1, 0.15) is 4.21 Å². The van der Waals surface area contributed by atoms with Crippen molar-refractivity contribution in [3.05, 3.63) is 78.4 Å². The molecule has 5 rings (SSSR count). The third-order valence-electron chi connectivity index (χ3n) is 5.07. The summed E-state index contributed by atoms with van der Waals surface area (Å²) in [6.07, 6.45) is 0. The summed E-state index contributed by atoms with van der Waals surface area (Å²) in [5, 5.41) is 9.96. The molecule has 0 aliphatic carbocycles. The molecule has 3 aromatic carbocycles. The van der Waals surface area contributed by atoms with Crippen molar-refractivity contribution in [3.63, 3.8) is 0 Å². The lowest BCUT2D eigenvalue weighted by molar-refractivity contribution is 0.593. The van der Waals surface area contributed by atoms with Gasteiger partial charge in [0.05, 0.1) is 17.3 Å². The Balaban J connectivity index is 1.59. The van der Waals surface area contributed by atoms with Crippen molar-refractivity contribution in [2.24, 2.45) is 0 Å². The van der Waals surface area contributed by atoms with Gasteiger partial charge in [0, 0.05) is 21.9 Å². The highest BCUT2D eigenvalue weighted by molar-refractivity contribution is 8.00. The van der Waals surface area contributed by atoms with Gasteiger partial charge in [0.25, 0.3) is 10.0 Å². The smallest absolute Gasteiger partial charge is 0.264 e. The van der Waals surface area contributed by atoms with Crippen LogP contribution in [0.1, 0.15) is 5.56 Å². The van der Waals surface area contributed by atoms with Crippen LogP contribution in [0.2, 0.25) is 0 Å². The molecule has 0 unspecified atom stereocenters. The first-order valence-electron chi connectivity index (χ1n) is 9.35. The monoisotopic (exact) mass is 448 g/mol. The van der Waals surface area contributed by atoms with Crippen LogP contribution >= 0.6 is 23.1 Å². The molecule has 4 aromatic rings. The van der Waals surface area contributed by atoms with Crippen LogP contribution in [0.25, 0.3) is 21.2 Å². The maximum atomic E-state index is 13.5. The van der Waals surface area contributed by atoms with E-state index in [4.69, 9.17) is 5.26 Å². The van der Waals surface area contributed by atoms with Crippen molar-refractivity contribution in [1.29, 1.82) is 5.26 Å². The van der Waals surface area contributed by atoms with Gasteiger partial charge in [-0.05, 0) is 52.9 Å². The summed E-state index contributed by atoms with van der Waals surface area (Å²) in [6.45, 7) is 0.436. The molecule has 0 N–H and O–H groups in total. The predicted molar refractivity (Wildman–Crippen MR) is 124 cm³/mol. The van der Waals surface area contributed by atoms with Crippen LogP contribution < -0.4 is 4.31 Å². The Morgan fingerprint density at radius 2 is 1.70 bits per heavy atom. The van der Waals surface area contributed by atoms with E-state index in [-0.39, 0.29) is 0 Å². The molecule has 0 spiro atoms. The van der Waals surface area contributed by atoms with E-state index in [1.54, 1.807) is 30.0 Å². The molecule has 1 aliphatic heterocycles. The number of nitriles is 1. The lowest BCUT2D eigenvalue weighted by atomic mass is 10.0. The van der Waals surface area contributed by atoms with Gasteiger partial charge in [0.15, 0.2) is 0 Å². The molecule has 7 heteroatoms. The van der Waals surface area contributed by atoms with Crippen molar-refractivity contribution in [3.8, 4) is 17.2 Å². The second-order valence-electron chi connectivity index (χ2n) is 6.90. The molecular weight excluding hydrogens is 432 g/mol. The Hall–Kier alpha value is -2.79. The quantitative estimate of drug-likeness (QED) is 0.401. The molecule has 1 aliphatic rings. The highest BCUT2D eigenvalue weighted by Gasteiger charge is 2.31. The highest BCUT2D eigenvalue weighted by Crippen LogP contribution is 2.41. The SMILES string of the molecule is N#Cc1ccc(-c2ccc3c(c2)N(S(=O)(=O)c2cc4ccccc4s2)CCS3)cc1. The van der Waals surface area contributed by atoms with E-state index in [0.29, 0.717) is 27.8 Å². The second-order valence-corrected chi connectivity index (χ2v) is 11.2. The fourth-order valence-electron chi connectivity index (χ4n) is 3.55. The lowest BCUT2D eigenvalue weighted by Crippen LogP contribution is -2.35. The minimum absolute atomic E-state index is 0.366. The molecule has 0 fully saturated rings. The summed E-state index contributed by atoms with van der Waals surface area (Å²) >= 11 is 2.98. The number of nitrogens with zero attached hydrogens (tertiary/aromatic N) is 2. The van der Waals surface area contributed by atoms with E-state index in [9.17, 15) is 8.42 Å². The molecule has 0 saturated heterocycles. The van der Waals surface area contributed by atoms with Crippen molar-refractivity contribution in [1.82, 2.24) is 0 Å². The minimum atomic E-state index is -3.65. The first-order chi connectivity index (χ1) is 14.6. The van der Waals surface area contributed by atoms with Crippen LogP contribution in [-0.2, 0) is 10.0 Å². The number of anilines is 1. The molecule has 0 atom stereocenters. The Bertz CT molecular complexity index is 1370. The third-order valence-corrected chi connectivity index (χ3v) is 9.50. The maximum absolute atomic E-state index is 13.5.